The fraction of sp³-hybridized carbons (Fsp3) is 0.231. The van der Waals surface area contributed by atoms with Crippen LogP contribution < -0.4 is 0 Å². The summed E-state index contributed by atoms with van der Waals surface area (Å²) in [6.45, 7) is 0.629. The summed E-state index contributed by atoms with van der Waals surface area (Å²) in [6.07, 6.45) is 3.51. The normalized spacial score (nSPS) is 11.2. The van der Waals surface area contributed by atoms with E-state index in [4.69, 9.17) is 5.11 Å². The van der Waals surface area contributed by atoms with Crippen LogP contribution in [-0.2, 0) is 20.2 Å². The lowest BCUT2D eigenvalue weighted by molar-refractivity contribution is 0.281. The maximum absolute atomic E-state index is 9.02. The van der Waals surface area contributed by atoms with Crippen LogP contribution in [0.4, 0.5) is 0 Å². The molecule has 0 unspecified atom stereocenters. The quantitative estimate of drug-likeness (QED) is 0.753. The highest BCUT2D eigenvalue weighted by Crippen LogP contribution is 2.18. The molecule has 0 saturated heterocycles. The van der Waals surface area contributed by atoms with Gasteiger partial charge in [0.05, 0.1) is 30.6 Å². The Morgan fingerprint density at radius 2 is 2.11 bits per heavy atom. The van der Waals surface area contributed by atoms with Crippen molar-refractivity contribution < 1.29 is 5.11 Å². The third kappa shape index (κ3) is 1.78. The summed E-state index contributed by atoms with van der Waals surface area (Å²) < 4.78 is 3.67. The Kier molecular flexibility index (Phi) is 2.60. The zero-order valence-electron chi connectivity index (χ0n) is 10.1. The van der Waals surface area contributed by atoms with Gasteiger partial charge in [-0.3, -0.25) is 9.36 Å². The van der Waals surface area contributed by atoms with E-state index in [1.807, 2.05) is 36.1 Å². The van der Waals surface area contributed by atoms with Crippen LogP contribution in [-0.4, -0.2) is 24.7 Å². The molecule has 0 aliphatic heterocycles. The SMILES string of the molecule is Cn1nc(Cn2cc(CO)cn2)c2ccccc21. The van der Waals surface area contributed by atoms with Gasteiger partial charge in [0.15, 0.2) is 0 Å². The van der Waals surface area contributed by atoms with E-state index in [9.17, 15) is 0 Å². The molecule has 3 rings (SSSR count). The number of fused-ring (bicyclic) bond motifs is 1. The lowest BCUT2D eigenvalue weighted by Crippen LogP contribution is -2.01. The lowest BCUT2D eigenvalue weighted by Gasteiger charge is -1.98. The standard InChI is InChI=1S/C13H14N4O/c1-16-13-5-3-2-4-11(13)12(15-16)8-17-7-10(9-18)6-14-17/h2-7,18H,8-9H2,1H3. The zero-order chi connectivity index (χ0) is 12.5. The van der Waals surface area contributed by atoms with Gasteiger partial charge in [0.2, 0.25) is 0 Å². The monoisotopic (exact) mass is 242 g/mol. The Hall–Kier alpha value is -2.14. The molecule has 0 radical (unpaired) electrons. The van der Waals surface area contributed by atoms with Crippen LogP contribution in [0.5, 0.6) is 0 Å². The molecule has 0 fully saturated rings. The van der Waals surface area contributed by atoms with Gasteiger partial charge in [0, 0.05) is 24.2 Å². The third-order valence-corrected chi connectivity index (χ3v) is 3.02. The summed E-state index contributed by atoms with van der Waals surface area (Å²) in [7, 11) is 1.94. The molecule has 1 N–H and O–H groups in total. The maximum atomic E-state index is 9.02. The number of benzene rings is 1. The van der Waals surface area contributed by atoms with Crippen molar-refractivity contribution in [1.29, 1.82) is 0 Å². The van der Waals surface area contributed by atoms with E-state index >= 15 is 0 Å². The Morgan fingerprint density at radius 3 is 2.89 bits per heavy atom. The van der Waals surface area contributed by atoms with Gasteiger partial charge in [0.25, 0.3) is 0 Å². The van der Waals surface area contributed by atoms with Crippen LogP contribution in [0.3, 0.4) is 0 Å². The van der Waals surface area contributed by atoms with Gasteiger partial charge in [-0.2, -0.15) is 10.2 Å². The molecular weight excluding hydrogens is 228 g/mol. The average Bonchev–Trinajstić information content (AvgIpc) is 2.97. The Balaban J connectivity index is 1.99. The van der Waals surface area contributed by atoms with Crippen LogP contribution in [0, 0.1) is 0 Å². The number of hydrogen-bond donors (Lipinski definition) is 1. The molecule has 0 bridgehead atoms. The van der Waals surface area contributed by atoms with E-state index in [0.717, 1.165) is 22.2 Å². The molecule has 2 aromatic heterocycles. The van der Waals surface area contributed by atoms with Crippen molar-refractivity contribution in [2.24, 2.45) is 7.05 Å². The van der Waals surface area contributed by atoms with Crippen LogP contribution in [0.25, 0.3) is 10.9 Å². The second-order valence-electron chi connectivity index (χ2n) is 4.29. The molecular formula is C13H14N4O. The van der Waals surface area contributed by atoms with Crippen LogP contribution in [0.2, 0.25) is 0 Å². The van der Waals surface area contributed by atoms with Gasteiger partial charge in [-0.1, -0.05) is 18.2 Å². The van der Waals surface area contributed by atoms with Gasteiger partial charge < -0.3 is 5.11 Å². The van der Waals surface area contributed by atoms with Crippen LogP contribution >= 0.6 is 0 Å². The van der Waals surface area contributed by atoms with Gasteiger partial charge in [-0.15, -0.1) is 0 Å². The predicted molar refractivity (Wildman–Crippen MR) is 68.0 cm³/mol. The van der Waals surface area contributed by atoms with Crippen molar-refractivity contribution in [3.8, 4) is 0 Å². The first-order chi connectivity index (χ1) is 8.78. The van der Waals surface area contributed by atoms with Gasteiger partial charge in [-0.05, 0) is 6.07 Å². The van der Waals surface area contributed by atoms with E-state index in [2.05, 4.69) is 16.3 Å². The Morgan fingerprint density at radius 1 is 1.28 bits per heavy atom. The Bertz CT molecular complexity index is 683. The number of aryl methyl sites for hydroxylation is 1. The van der Waals surface area contributed by atoms with Crippen LogP contribution in [0.15, 0.2) is 36.7 Å². The van der Waals surface area contributed by atoms with Crippen molar-refractivity contribution in [3.63, 3.8) is 0 Å². The lowest BCUT2D eigenvalue weighted by atomic mass is 10.2. The molecule has 3 aromatic rings. The number of hydrogen-bond acceptors (Lipinski definition) is 3. The molecule has 0 saturated carbocycles. The average molecular weight is 242 g/mol. The Labute approximate surface area is 104 Å². The van der Waals surface area contributed by atoms with Crippen molar-refractivity contribution in [2.75, 3.05) is 0 Å². The molecule has 0 amide bonds. The summed E-state index contributed by atoms with van der Waals surface area (Å²) in [5.74, 6) is 0. The largest absolute Gasteiger partial charge is 0.392 e. The van der Waals surface area contributed by atoms with Gasteiger partial charge >= 0.3 is 0 Å². The maximum Gasteiger partial charge on any atom is 0.0918 e. The smallest absolute Gasteiger partial charge is 0.0918 e. The topological polar surface area (TPSA) is 55.9 Å². The van der Waals surface area contributed by atoms with E-state index in [1.54, 1.807) is 10.9 Å². The zero-order valence-corrected chi connectivity index (χ0v) is 10.1. The number of aliphatic hydroxyl groups is 1. The summed E-state index contributed by atoms with van der Waals surface area (Å²) in [6, 6.07) is 8.13. The molecule has 0 atom stereocenters. The molecule has 5 nitrogen and oxygen atoms in total. The van der Waals surface area contributed by atoms with E-state index in [1.165, 1.54) is 0 Å². The highest BCUT2D eigenvalue weighted by atomic mass is 16.3. The second-order valence-corrected chi connectivity index (χ2v) is 4.29. The highest BCUT2D eigenvalue weighted by molar-refractivity contribution is 5.81. The molecule has 0 spiro atoms. The van der Waals surface area contributed by atoms with Crippen LogP contribution in [0.1, 0.15) is 11.3 Å². The molecule has 0 aliphatic rings. The fourth-order valence-corrected chi connectivity index (χ4v) is 2.13. The number of rotatable bonds is 3. The first-order valence-corrected chi connectivity index (χ1v) is 5.81. The first kappa shape index (κ1) is 11.0. The van der Waals surface area contributed by atoms with E-state index in [0.29, 0.717) is 6.54 Å². The van der Waals surface area contributed by atoms with Crippen molar-refractivity contribution in [2.45, 2.75) is 13.2 Å². The summed E-state index contributed by atoms with van der Waals surface area (Å²) in [5.41, 5.74) is 2.91. The molecule has 18 heavy (non-hydrogen) atoms. The number of aromatic nitrogens is 4. The third-order valence-electron chi connectivity index (χ3n) is 3.02. The summed E-state index contributed by atoms with van der Waals surface area (Å²) in [5, 5.41) is 18.9. The first-order valence-electron chi connectivity index (χ1n) is 5.81. The number of para-hydroxylation sites is 1. The second kappa shape index (κ2) is 4.27. The summed E-state index contributed by atoms with van der Waals surface area (Å²) >= 11 is 0. The molecule has 0 aliphatic carbocycles. The van der Waals surface area contributed by atoms with Gasteiger partial charge in [0.1, 0.15) is 0 Å². The van der Waals surface area contributed by atoms with E-state index < -0.39 is 0 Å². The molecule has 1 aromatic carbocycles. The van der Waals surface area contributed by atoms with Crippen molar-refractivity contribution in [1.82, 2.24) is 19.6 Å². The van der Waals surface area contributed by atoms with E-state index in [-0.39, 0.29) is 6.61 Å². The van der Waals surface area contributed by atoms with Crippen molar-refractivity contribution in [3.05, 3.63) is 47.9 Å². The fourth-order valence-electron chi connectivity index (χ4n) is 2.13. The van der Waals surface area contributed by atoms with Crippen molar-refractivity contribution >= 4 is 10.9 Å². The molecule has 92 valence electrons. The molecule has 5 heteroatoms. The number of aliphatic hydroxyl groups excluding tert-OH is 1. The molecule has 2 heterocycles. The minimum absolute atomic E-state index is 0.0168. The predicted octanol–water partition coefficient (Wildman–Crippen LogP) is 1.31. The minimum atomic E-state index is 0.0168. The number of nitrogens with zero attached hydrogens (tertiary/aromatic N) is 4. The van der Waals surface area contributed by atoms with Gasteiger partial charge in [-0.25, -0.2) is 0 Å². The minimum Gasteiger partial charge on any atom is -0.392 e. The summed E-state index contributed by atoms with van der Waals surface area (Å²) in [4.78, 5) is 0. The highest BCUT2D eigenvalue weighted by Gasteiger charge is 2.08.